The molecule has 0 atom stereocenters. The highest BCUT2D eigenvalue weighted by Crippen LogP contribution is 2.22. The smallest absolute Gasteiger partial charge is 0.257 e. The van der Waals surface area contributed by atoms with Crippen LogP contribution >= 0.6 is 12.2 Å². The van der Waals surface area contributed by atoms with Crippen molar-refractivity contribution in [2.75, 3.05) is 13.1 Å². The van der Waals surface area contributed by atoms with Crippen LogP contribution in [0.2, 0.25) is 0 Å². The summed E-state index contributed by atoms with van der Waals surface area (Å²) < 4.78 is 0. The maximum Gasteiger partial charge on any atom is 0.257 e. The molecule has 0 aliphatic rings. The van der Waals surface area contributed by atoms with Gasteiger partial charge in [-0.1, -0.05) is 24.4 Å². The highest BCUT2D eigenvalue weighted by Gasteiger charge is 2.18. The zero-order valence-corrected chi connectivity index (χ0v) is 10.8. The Balaban J connectivity index is 3.02. The minimum absolute atomic E-state index is 0.0129. The van der Waals surface area contributed by atoms with Gasteiger partial charge in [-0.3, -0.25) is 4.79 Å². The van der Waals surface area contributed by atoms with E-state index in [1.807, 2.05) is 6.92 Å². The highest BCUT2D eigenvalue weighted by atomic mass is 32.1. The molecule has 0 unspecified atom stereocenters. The Hall–Kier alpha value is -1.62. The van der Waals surface area contributed by atoms with Crippen LogP contribution in [0, 0.1) is 6.92 Å². The normalized spacial score (nSPS) is 10.0. The molecule has 0 aromatic heterocycles. The van der Waals surface area contributed by atoms with E-state index in [0.29, 0.717) is 12.1 Å². The predicted octanol–water partition coefficient (Wildman–Crippen LogP) is 1.45. The third-order valence-corrected chi connectivity index (χ3v) is 2.61. The largest absolute Gasteiger partial charge is 0.507 e. The fourth-order valence-corrected chi connectivity index (χ4v) is 1.67. The second kappa shape index (κ2) is 5.63. The number of phenols is 1. The molecule has 0 saturated carbocycles. The minimum Gasteiger partial charge on any atom is -0.507 e. The molecule has 0 fully saturated rings. The third-order valence-electron chi connectivity index (χ3n) is 2.48. The molecule has 1 aromatic rings. The summed E-state index contributed by atoms with van der Waals surface area (Å²) in [5.41, 5.74) is 6.38. The van der Waals surface area contributed by atoms with E-state index in [9.17, 15) is 9.90 Å². The number of aromatic hydroxyl groups is 1. The van der Waals surface area contributed by atoms with Crippen LogP contribution in [-0.4, -0.2) is 34.0 Å². The number of hydrogen-bond acceptors (Lipinski definition) is 3. The van der Waals surface area contributed by atoms with E-state index in [1.54, 1.807) is 25.1 Å². The van der Waals surface area contributed by atoms with Crippen molar-refractivity contribution in [2.45, 2.75) is 13.8 Å². The van der Waals surface area contributed by atoms with Gasteiger partial charge >= 0.3 is 0 Å². The van der Waals surface area contributed by atoms with Crippen LogP contribution in [0.1, 0.15) is 22.8 Å². The monoisotopic (exact) mass is 252 g/mol. The zero-order valence-electron chi connectivity index (χ0n) is 9.93. The topological polar surface area (TPSA) is 66.6 Å². The van der Waals surface area contributed by atoms with E-state index in [-0.39, 0.29) is 28.8 Å². The van der Waals surface area contributed by atoms with Crippen LogP contribution in [0.15, 0.2) is 18.2 Å². The lowest BCUT2D eigenvalue weighted by molar-refractivity contribution is 0.0784. The molecule has 0 bridgehead atoms. The molecule has 1 rings (SSSR count). The van der Waals surface area contributed by atoms with Crippen molar-refractivity contribution in [3.63, 3.8) is 0 Å². The predicted molar refractivity (Wildman–Crippen MR) is 71.2 cm³/mol. The number of nitrogens with zero attached hydrogens (tertiary/aromatic N) is 1. The molecule has 0 saturated heterocycles. The van der Waals surface area contributed by atoms with Crippen molar-refractivity contribution >= 4 is 23.1 Å². The molecule has 17 heavy (non-hydrogen) atoms. The van der Waals surface area contributed by atoms with Crippen LogP contribution in [-0.2, 0) is 0 Å². The fraction of sp³-hybridized carbons (Fsp3) is 0.333. The maximum atomic E-state index is 12.1. The number of benzene rings is 1. The van der Waals surface area contributed by atoms with Crippen LogP contribution in [0.25, 0.3) is 0 Å². The van der Waals surface area contributed by atoms with Gasteiger partial charge in [0.05, 0.1) is 17.1 Å². The molecule has 0 spiro atoms. The Morgan fingerprint density at radius 1 is 1.53 bits per heavy atom. The third kappa shape index (κ3) is 3.17. The summed E-state index contributed by atoms with van der Waals surface area (Å²) in [4.78, 5) is 13.9. The number of likely N-dealkylation sites (N-methyl/N-ethyl adjacent to an activating group) is 1. The van der Waals surface area contributed by atoms with Crippen LogP contribution < -0.4 is 5.73 Å². The Kier molecular flexibility index (Phi) is 4.45. The number of para-hydroxylation sites is 1. The van der Waals surface area contributed by atoms with E-state index < -0.39 is 0 Å². The van der Waals surface area contributed by atoms with E-state index in [1.165, 1.54) is 4.90 Å². The maximum absolute atomic E-state index is 12.1. The lowest BCUT2D eigenvalue weighted by atomic mass is 10.1. The Morgan fingerprint density at radius 2 is 2.18 bits per heavy atom. The standard InChI is InChI=1S/C12H16N2O2S/c1-3-14(7-10(13)17)12(16)9-6-4-5-8(2)11(9)15/h4-6,15H,3,7H2,1-2H3,(H2,13,17). The second-order valence-electron chi connectivity index (χ2n) is 3.76. The van der Waals surface area contributed by atoms with Gasteiger partial charge in [0.25, 0.3) is 5.91 Å². The van der Waals surface area contributed by atoms with Crippen molar-refractivity contribution in [2.24, 2.45) is 5.73 Å². The first-order valence-electron chi connectivity index (χ1n) is 5.33. The first-order valence-corrected chi connectivity index (χ1v) is 5.74. The SMILES string of the molecule is CCN(CC(N)=S)C(=O)c1cccc(C)c1O. The van der Waals surface area contributed by atoms with Gasteiger partial charge in [-0.25, -0.2) is 0 Å². The van der Waals surface area contributed by atoms with Crippen LogP contribution in [0.4, 0.5) is 0 Å². The molecule has 0 aliphatic heterocycles. The van der Waals surface area contributed by atoms with Crippen LogP contribution in [0.5, 0.6) is 5.75 Å². The molecule has 1 amide bonds. The average Bonchev–Trinajstić information content (AvgIpc) is 2.28. The summed E-state index contributed by atoms with van der Waals surface area (Å²) in [6, 6.07) is 5.07. The summed E-state index contributed by atoms with van der Waals surface area (Å²) in [7, 11) is 0. The van der Waals surface area contributed by atoms with Crippen molar-refractivity contribution < 1.29 is 9.90 Å². The average molecular weight is 252 g/mol. The quantitative estimate of drug-likeness (QED) is 0.796. The van der Waals surface area contributed by atoms with Gasteiger partial charge < -0.3 is 15.7 Å². The first kappa shape index (κ1) is 13.4. The lowest BCUT2D eigenvalue weighted by Crippen LogP contribution is -2.37. The van der Waals surface area contributed by atoms with Crippen molar-refractivity contribution in [1.29, 1.82) is 0 Å². The number of phenolic OH excluding ortho intramolecular Hbond substituents is 1. The Morgan fingerprint density at radius 3 is 2.71 bits per heavy atom. The summed E-state index contributed by atoms with van der Waals surface area (Å²) in [6.45, 7) is 4.29. The fourth-order valence-electron chi connectivity index (χ4n) is 1.52. The highest BCUT2D eigenvalue weighted by molar-refractivity contribution is 7.80. The van der Waals surface area contributed by atoms with Crippen molar-refractivity contribution in [3.05, 3.63) is 29.3 Å². The minimum atomic E-state index is -0.262. The Labute approximate surface area is 106 Å². The van der Waals surface area contributed by atoms with Gasteiger partial charge in [-0.05, 0) is 25.5 Å². The molecule has 0 aliphatic carbocycles. The molecule has 1 aromatic carbocycles. The van der Waals surface area contributed by atoms with Gasteiger partial charge in [0.1, 0.15) is 5.75 Å². The summed E-state index contributed by atoms with van der Waals surface area (Å²) in [5, 5.41) is 9.83. The second-order valence-corrected chi connectivity index (χ2v) is 4.28. The molecule has 0 heterocycles. The molecule has 5 heteroatoms. The van der Waals surface area contributed by atoms with Crippen molar-refractivity contribution in [3.8, 4) is 5.75 Å². The summed E-state index contributed by atoms with van der Waals surface area (Å²) >= 11 is 4.79. The van der Waals surface area contributed by atoms with Gasteiger partial charge in [-0.2, -0.15) is 0 Å². The molecule has 3 N–H and O–H groups in total. The number of nitrogens with two attached hydrogens (primary N) is 1. The van der Waals surface area contributed by atoms with Gasteiger partial charge in [-0.15, -0.1) is 0 Å². The number of hydrogen-bond donors (Lipinski definition) is 2. The molecular formula is C12H16N2O2S. The molecular weight excluding hydrogens is 236 g/mol. The van der Waals surface area contributed by atoms with E-state index in [2.05, 4.69) is 0 Å². The van der Waals surface area contributed by atoms with E-state index >= 15 is 0 Å². The van der Waals surface area contributed by atoms with E-state index in [0.717, 1.165) is 0 Å². The summed E-state index contributed by atoms with van der Waals surface area (Å²) in [5.74, 6) is -0.250. The van der Waals surface area contributed by atoms with Gasteiger partial charge in [0, 0.05) is 6.54 Å². The molecule has 4 nitrogen and oxygen atoms in total. The van der Waals surface area contributed by atoms with Gasteiger partial charge in [0.15, 0.2) is 0 Å². The zero-order chi connectivity index (χ0) is 13.0. The number of carbonyl (C=O) groups is 1. The number of carbonyl (C=O) groups excluding carboxylic acids is 1. The Bertz CT molecular complexity index is 446. The number of thiocarbonyl (C=S) groups is 1. The summed E-state index contributed by atoms with van der Waals surface area (Å²) in [6.07, 6.45) is 0. The molecule has 92 valence electrons. The number of amides is 1. The molecule has 0 radical (unpaired) electrons. The number of aryl methyl sites for hydroxylation is 1. The lowest BCUT2D eigenvalue weighted by Gasteiger charge is -2.20. The van der Waals surface area contributed by atoms with E-state index in [4.69, 9.17) is 18.0 Å². The number of rotatable bonds is 4. The van der Waals surface area contributed by atoms with Gasteiger partial charge in [0.2, 0.25) is 0 Å². The van der Waals surface area contributed by atoms with Crippen molar-refractivity contribution in [1.82, 2.24) is 4.90 Å². The van der Waals surface area contributed by atoms with Crippen LogP contribution in [0.3, 0.4) is 0 Å². The first-order chi connectivity index (χ1) is 7.97.